The van der Waals surface area contributed by atoms with E-state index in [1.54, 1.807) is 0 Å². The van der Waals surface area contributed by atoms with E-state index in [1.807, 2.05) is 23.1 Å². The number of rotatable bonds is 7. The van der Waals surface area contributed by atoms with Gasteiger partial charge in [-0.05, 0) is 37.7 Å². The van der Waals surface area contributed by atoms with E-state index in [4.69, 9.17) is 0 Å². The normalized spacial score (nSPS) is 22.5. The van der Waals surface area contributed by atoms with E-state index in [9.17, 15) is 14.7 Å². The molecule has 1 aliphatic heterocycles. The van der Waals surface area contributed by atoms with E-state index in [0.29, 0.717) is 32.5 Å². The van der Waals surface area contributed by atoms with Crippen LogP contribution in [0, 0.1) is 5.92 Å². The number of carbonyl (C=O) groups is 2. The lowest BCUT2D eigenvalue weighted by molar-refractivity contribution is -0.138. The Morgan fingerprint density at radius 2 is 1.93 bits per heavy atom. The molecule has 1 saturated carbocycles. The molecule has 1 heterocycles. The topological polar surface area (TPSA) is 69.6 Å². The van der Waals surface area contributed by atoms with E-state index < -0.39 is 5.60 Å². The zero-order chi connectivity index (χ0) is 19.1. The predicted octanol–water partition coefficient (Wildman–Crippen LogP) is 2.67. The van der Waals surface area contributed by atoms with Crippen molar-refractivity contribution in [3.8, 4) is 0 Å². The van der Waals surface area contributed by atoms with Crippen molar-refractivity contribution in [1.29, 1.82) is 0 Å². The highest BCUT2D eigenvalue weighted by Gasteiger charge is 2.33. The highest BCUT2D eigenvalue weighted by atomic mass is 16.3. The molecule has 1 saturated heterocycles. The second-order valence-electron chi connectivity index (χ2n) is 8.17. The lowest BCUT2D eigenvalue weighted by Crippen LogP contribution is -2.50. The summed E-state index contributed by atoms with van der Waals surface area (Å²) < 4.78 is 0. The molecule has 2 amide bonds. The van der Waals surface area contributed by atoms with Crippen molar-refractivity contribution >= 4 is 11.8 Å². The summed E-state index contributed by atoms with van der Waals surface area (Å²) in [6.07, 6.45) is 7.65. The minimum atomic E-state index is -0.742. The molecule has 5 heteroatoms. The number of aryl methyl sites for hydroxylation is 1. The average molecular weight is 373 g/mol. The lowest BCUT2D eigenvalue weighted by atomic mass is 9.84. The summed E-state index contributed by atoms with van der Waals surface area (Å²) in [5, 5.41) is 13.5. The molecule has 27 heavy (non-hydrogen) atoms. The Hall–Kier alpha value is -1.88. The van der Waals surface area contributed by atoms with Crippen LogP contribution in [0.25, 0.3) is 0 Å². The van der Waals surface area contributed by atoms with Gasteiger partial charge in [0.25, 0.3) is 0 Å². The summed E-state index contributed by atoms with van der Waals surface area (Å²) >= 11 is 0. The standard InChI is InChI=1S/C22H32N2O3/c25-20-12-11-19(21(26)23-17-22(27)13-5-2-6-14-22)16-24(20)15-7-10-18-8-3-1-4-9-18/h1,3-4,8-9,19,27H,2,5-7,10-17H2,(H,23,26). The van der Waals surface area contributed by atoms with Crippen molar-refractivity contribution < 1.29 is 14.7 Å². The molecular weight excluding hydrogens is 340 g/mol. The first kappa shape index (κ1) is 19.9. The fraction of sp³-hybridized carbons (Fsp3) is 0.636. The Balaban J connectivity index is 1.44. The van der Waals surface area contributed by atoms with Crippen LogP contribution in [-0.4, -0.2) is 47.1 Å². The fourth-order valence-electron chi connectivity index (χ4n) is 4.25. The van der Waals surface area contributed by atoms with Crippen LogP contribution in [0.5, 0.6) is 0 Å². The van der Waals surface area contributed by atoms with Crippen LogP contribution < -0.4 is 5.32 Å². The van der Waals surface area contributed by atoms with Crippen molar-refractivity contribution in [2.75, 3.05) is 19.6 Å². The summed E-state index contributed by atoms with van der Waals surface area (Å²) in [4.78, 5) is 26.6. The zero-order valence-corrected chi connectivity index (χ0v) is 16.2. The maximum Gasteiger partial charge on any atom is 0.225 e. The first-order valence-electron chi connectivity index (χ1n) is 10.4. The molecule has 1 aromatic carbocycles. The van der Waals surface area contributed by atoms with Crippen LogP contribution >= 0.6 is 0 Å². The van der Waals surface area contributed by atoms with Crippen molar-refractivity contribution in [2.45, 2.75) is 63.4 Å². The number of hydrogen-bond acceptors (Lipinski definition) is 3. The van der Waals surface area contributed by atoms with E-state index in [1.165, 1.54) is 12.0 Å². The number of likely N-dealkylation sites (tertiary alicyclic amines) is 1. The number of benzene rings is 1. The largest absolute Gasteiger partial charge is 0.388 e. The van der Waals surface area contributed by atoms with Crippen LogP contribution in [0.2, 0.25) is 0 Å². The van der Waals surface area contributed by atoms with Gasteiger partial charge in [-0.1, -0.05) is 49.6 Å². The zero-order valence-electron chi connectivity index (χ0n) is 16.2. The molecule has 0 spiro atoms. The molecule has 2 aliphatic rings. The molecule has 3 rings (SSSR count). The molecule has 1 aliphatic carbocycles. The van der Waals surface area contributed by atoms with Crippen LogP contribution in [0.4, 0.5) is 0 Å². The SMILES string of the molecule is O=C(NCC1(O)CCCCC1)C1CCC(=O)N(CCCc2ccccc2)C1. The highest BCUT2D eigenvalue weighted by Crippen LogP contribution is 2.27. The van der Waals surface area contributed by atoms with Crippen molar-refractivity contribution in [2.24, 2.45) is 5.92 Å². The third-order valence-corrected chi connectivity index (χ3v) is 5.98. The van der Waals surface area contributed by atoms with Crippen LogP contribution in [0.3, 0.4) is 0 Å². The third-order valence-electron chi connectivity index (χ3n) is 5.98. The number of nitrogens with zero attached hydrogens (tertiary/aromatic N) is 1. The molecule has 0 aromatic heterocycles. The minimum Gasteiger partial charge on any atom is -0.388 e. The second-order valence-corrected chi connectivity index (χ2v) is 8.17. The number of aliphatic hydroxyl groups is 1. The maximum absolute atomic E-state index is 12.6. The van der Waals surface area contributed by atoms with Gasteiger partial charge in [-0.3, -0.25) is 9.59 Å². The molecule has 0 bridgehead atoms. The smallest absolute Gasteiger partial charge is 0.225 e. The summed E-state index contributed by atoms with van der Waals surface area (Å²) in [5.74, 6) is -0.0285. The van der Waals surface area contributed by atoms with Gasteiger partial charge in [0.15, 0.2) is 0 Å². The Labute approximate surface area is 162 Å². The first-order chi connectivity index (χ1) is 13.1. The first-order valence-corrected chi connectivity index (χ1v) is 10.4. The Bertz CT molecular complexity index is 626. The Morgan fingerprint density at radius 3 is 2.67 bits per heavy atom. The van der Waals surface area contributed by atoms with Crippen LogP contribution in [-0.2, 0) is 16.0 Å². The second kappa shape index (κ2) is 9.36. The summed E-state index contributed by atoms with van der Waals surface area (Å²) in [6, 6.07) is 10.3. The Kier molecular flexibility index (Phi) is 6.89. The predicted molar refractivity (Wildman–Crippen MR) is 105 cm³/mol. The fourth-order valence-corrected chi connectivity index (χ4v) is 4.25. The molecule has 0 radical (unpaired) electrons. The quantitative estimate of drug-likeness (QED) is 0.773. The van der Waals surface area contributed by atoms with Crippen LogP contribution in [0.1, 0.15) is 56.9 Å². The molecular formula is C22H32N2O3. The van der Waals surface area contributed by atoms with Gasteiger partial charge < -0.3 is 15.3 Å². The van der Waals surface area contributed by atoms with Gasteiger partial charge in [-0.15, -0.1) is 0 Å². The van der Waals surface area contributed by atoms with Gasteiger partial charge in [0, 0.05) is 26.1 Å². The van der Waals surface area contributed by atoms with Crippen molar-refractivity contribution in [3.63, 3.8) is 0 Å². The van der Waals surface area contributed by atoms with Crippen LogP contribution in [0.15, 0.2) is 30.3 Å². The maximum atomic E-state index is 12.6. The van der Waals surface area contributed by atoms with E-state index in [0.717, 1.165) is 38.5 Å². The van der Waals surface area contributed by atoms with Gasteiger partial charge >= 0.3 is 0 Å². The van der Waals surface area contributed by atoms with E-state index in [2.05, 4.69) is 17.4 Å². The third kappa shape index (κ3) is 5.80. The number of carbonyl (C=O) groups excluding carboxylic acids is 2. The number of nitrogens with one attached hydrogen (secondary N) is 1. The number of hydrogen-bond donors (Lipinski definition) is 2. The Morgan fingerprint density at radius 1 is 1.19 bits per heavy atom. The van der Waals surface area contributed by atoms with Gasteiger partial charge in [0.2, 0.25) is 11.8 Å². The molecule has 5 nitrogen and oxygen atoms in total. The molecule has 2 fully saturated rings. The lowest BCUT2D eigenvalue weighted by Gasteiger charge is -2.35. The molecule has 1 aromatic rings. The average Bonchev–Trinajstić information content (AvgIpc) is 2.69. The van der Waals surface area contributed by atoms with Gasteiger partial charge in [-0.2, -0.15) is 0 Å². The van der Waals surface area contributed by atoms with Gasteiger partial charge in [0.05, 0.1) is 11.5 Å². The van der Waals surface area contributed by atoms with Gasteiger partial charge in [0.1, 0.15) is 0 Å². The minimum absolute atomic E-state index is 0.0189. The van der Waals surface area contributed by atoms with Crippen molar-refractivity contribution in [3.05, 3.63) is 35.9 Å². The monoisotopic (exact) mass is 372 g/mol. The molecule has 1 unspecified atom stereocenters. The number of piperidine rings is 1. The molecule has 148 valence electrons. The molecule has 2 N–H and O–H groups in total. The highest BCUT2D eigenvalue weighted by molar-refractivity contribution is 5.83. The van der Waals surface area contributed by atoms with Crippen molar-refractivity contribution in [1.82, 2.24) is 10.2 Å². The summed E-state index contributed by atoms with van der Waals surface area (Å²) in [7, 11) is 0. The number of amides is 2. The summed E-state index contributed by atoms with van der Waals surface area (Å²) in [6.45, 7) is 1.53. The van der Waals surface area contributed by atoms with Gasteiger partial charge in [-0.25, -0.2) is 0 Å². The summed E-state index contributed by atoms with van der Waals surface area (Å²) in [5.41, 5.74) is 0.533. The molecule has 1 atom stereocenters. The van der Waals surface area contributed by atoms with E-state index >= 15 is 0 Å². The van der Waals surface area contributed by atoms with E-state index in [-0.39, 0.29) is 17.7 Å².